The third-order valence-corrected chi connectivity index (χ3v) is 5.19. The maximum Gasteiger partial charge on any atom is 0.306 e. The molecule has 1 aliphatic heterocycles. The van der Waals surface area contributed by atoms with Crippen molar-refractivity contribution in [2.24, 2.45) is 4.99 Å². The van der Waals surface area contributed by atoms with Gasteiger partial charge in [-0.25, -0.2) is 4.99 Å². The number of carboxylic acids is 1. The van der Waals surface area contributed by atoms with Crippen LogP contribution in [0.25, 0.3) is 6.08 Å². The van der Waals surface area contributed by atoms with Gasteiger partial charge in [0, 0.05) is 0 Å². The lowest BCUT2D eigenvalue weighted by Gasteiger charge is -2.10. The number of carbonyl (C=O) groups excluding carboxylic acids is 1. The predicted octanol–water partition coefficient (Wildman–Crippen LogP) is 4.00. The number of aliphatic imine (C=N–C) groups is 1. The highest BCUT2D eigenvalue weighted by Gasteiger charge is 2.24. The van der Waals surface area contributed by atoms with E-state index in [4.69, 9.17) is 14.6 Å². The monoisotopic (exact) mass is 426 g/mol. The van der Waals surface area contributed by atoms with Crippen LogP contribution in [0.1, 0.15) is 24.5 Å². The van der Waals surface area contributed by atoms with Gasteiger partial charge in [0.15, 0.2) is 16.7 Å². The maximum absolute atomic E-state index is 12.3. The van der Waals surface area contributed by atoms with Gasteiger partial charge in [-0.3, -0.25) is 9.59 Å². The van der Waals surface area contributed by atoms with Crippen LogP contribution >= 0.6 is 11.8 Å². The van der Waals surface area contributed by atoms with Gasteiger partial charge in [-0.15, -0.1) is 0 Å². The van der Waals surface area contributed by atoms with Crippen molar-refractivity contribution in [1.82, 2.24) is 5.32 Å². The minimum absolute atomic E-state index is 0.0451. The van der Waals surface area contributed by atoms with Gasteiger partial charge in [0.25, 0.3) is 5.91 Å². The highest BCUT2D eigenvalue weighted by Crippen LogP contribution is 2.32. The van der Waals surface area contributed by atoms with Crippen LogP contribution in [0.15, 0.2) is 52.4 Å². The molecule has 0 aromatic heterocycles. The van der Waals surface area contributed by atoms with Gasteiger partial charge in [0.05, 0.1) is 30.7 Å². The summed E-state index contributed by atoms with van der Waals surface area (Å²) in [4.78, 5) is 27.9. The van der Waals surface area contributed by atoms with Crippen molar-refractivity contribution in [2.75, 3.05) is 13.7 Å². The third kappa shape index (κ3) is 5.64. The zero-order valence-corrected chi connectivity index (χ0v) is 17.5. The van der Waals surface area contributed by atoms with Crippen molar-refractivity contribution in [3.05, 3.63) is 58.5 Å². The fraction of sp³-hybridized carbons (Fsp3) is 0.227. The number of benzene rings is 2. The number of amides is 1. The number of nitrogens with one attached hydrogen (secondary N) is 1. The van der Waals surface area contributed by atoms with Crippen molar-refractivity contribution in [3.8, 4) is 11.5 Å². The van der Waals surface area contributed by atoms with E-state index in [-0.39, 0.29) is 18.9 Å². The molecule has 30 heavy (non-hydrogen) atoms. The SMILES string of the molecule is CCc1ccc(N=C2NC(=O)/C(=C\c3ccc(OCCC(=O)O)c(OC)c3)S2)cc1. The van der Waals surface area contributed by atoms with E-state index in [1.807, 2.05) is 24.3 Å². The van der Waals surface area contributed by atoms with E-state index in [0.717, 1.165) is 17.7 Å². The van der Waals surface area contributed by atoms with Gasteiger partial charge in [0.1, 0.15) is 0 Å². The van der Waals surface area contributed by atoms with E-state index in [0.29, 0.717) is 21.6 Å². The lowest BCUT2D eigenvalue weighted by Crippen LogP contribution is -2.19. The van der Waals surface area contributed by atoms with Crippen molar-refractivity contribution in [1.29, 1.82) is 0 Å². The number of amidine groups is 1. The molecular weight excluding hydrogens is 404 g/mol. The molecule has 1 aliphatic rings. The number of carbonyl (C=O) groups is 2. The summed E-state index contributed by atoms with van der Waals surface area (Å²) in [6.07, 6.45) is 2.60. The fourth-order valence-corrected chi connectivity index (χ4v) is 3.54. The summed E-state index contributed by atoms with van der Waals surface area (Å²) >= 11 is 1.27. The molecule has 1 saturated heterocycles. The maximum atomic E-state index is 12.3. The van der Waals surface area contributed by atoms with Gasteiger partial charge >= 0.3 is 5.97 Å². The third-order valence-electron chi connectivity index (χ3n) is 4.29. The van der Waals surface area contributed by atoms with Crippen LogP contribution < -0.4 is 14.8 Å². The average molecular weight is 426 g/mol. The first-order valence-corrected chi connectivity index (χ1v) is 10.2. The Labute approximate surface area is 178 Å². The van der Waals surface area contributed by atoms with E-state index in [2.05, 4.69) is 17.2 Å². The summed E-state index contributed by atoms with van der Waals surface area (Å²) in [6.45, 7) is 2.14. The lowest BCUT2D eigenvalue weighted by atomic mass is 10.2. The van der Waals surface area contributed by atoms with Gasteiger partial charge in [-0.05, 0) is 59.7 Å². The van der Waals surface area contributed by atoms with Gasteiger partial charge in [-0.2, -0.15) is 0 Å². The second-order valence-corrected chi connectivity index (χ2v) is 7.43. The Morgan fingerprint density at radius 3 is 2.63 bits per heavy atom. The Balaban J connectivity index is 1.73. The number of hydrogen-bond acceptors (Lipinski definition) is 6. The van der Waals surface area contributed by atoms with E-state index in [1.54, 1.807) is 24.3 Å². The number of rotatable bonds is 8. The van der Waals surface area contributed by atoms with Gasteiger partial charge in [0.2, 0.25) is 0 Å². The zero-order chi connectivity index (χ0) is 21.5. The molecule has 2 aromatic rings. The quantitative estimate of drug-likeness (QED) is 0.619. The van der Waals surface area contributed by atoms with Crippen molar-refractivity contribution < 1.29 is 24.2 Å². The standard InChI is InChI=1S/C22H22N2O5S/c1-3-14-4-7-16(8-5-14)23-22-24-21(27)19(30-22)13-15-6-9-17(18(12-15)28-2)29-11-10-20(25)26/h4-9,12-13H,3,10-11H2,1-2H3,(H,25,26)(H,23,24,27)/b19-13+. The number of methoxy groups -OCH3 is 1. The Morgan fingerprint density at radius 1 is 1.20 bits per heavy atom. The van der Waals surface area contributed by atoms with E-state index in [9.17, 15) is 9.59 Å². The van der Waals surface area contributed by atoms with Crippen LogP contribution in [-0.2, 0) is 16.0 Å². The molecule has 3 rings (SSSR count). The molecule has 0 aliphatic carbocycles. The Morgan fingerprint density at radius 2 is 1.97 bits per heavy atom. The summed E-state index contributed by atoms with van der Waals surface area (Å²) in [5, 5.41) is 12.0. The average Bonchev–Trinajstić information content (AvgIpc) is 3.07. The molecule has 0 unspecified atom stereocenters. The highest BCUT2D eigenvalue weighted by atomic mass is 32.2. The van der Waals surface area contributed by atoms with E-state index in [1.165, 1.54) is 24.4 Å². The van der Waals surface area contributed by atoms with Crippen molar-refractivity contribution >= 4 is 40.6 Å². The summed E-state index contributed by atoms with van der Waals surface area (Å²) in [5.74, 6) is -0.242. The van der Waals surface area contributed by atoms with Crippen LogP contribution in [0.3, 0.4) is 0 Å². The second-order valence-electron chi connectivity index (χ2n) is 6.40. The molecule has 0 bridgehead atoms. The molecule has 0 saturated carbocycles. The molecule has 8 heteroatoms. The number of aryl methyl sites for hydroxylation is 1. The Bertz CT molecular complexity index is 999. The predicted molar refractivity (Wildman–Crippen MR) is 117 cm³/mol. The van der Waals surface area contributed by atoms with Crippen molar-refractivity contribution in [3.63, 3.8) is 0 Å². The summed E-state index contributed by atoms with van der Waals surface area (Å²) < 4.78 is 10.8. The van der Waals surface area contributed by atoms with Gasteiger partial charge in [-0.1, -0.05) is 25.1 Å². The first kappa shape index (κ1) is 21.4. The number of aliphatic carboxylic acids is 1. The lowest BCUT2D eigenvalue weighted by molar-refractivity contribution is -0.137. The largest absolute Gasteiger partial charge is 0.493 e. The zero-order valence-electron chi connectivity index (χ0n) is 16.7. The first-order valence-electron chi connectivity index (χ1n) is 9.39. The van der Waals surface area contributed by atoms with Crippen LogP contribution in [0.5, 0.6) is 11.5 Å². The number of ether oxygens (including phenoxy) is 2. The summed E-state index contributed by atoms with van der Waals surface area (Å²) in [6, 6.07) is 13.1. The number of carboxylic acid groups (broad SMARTS) is 1. The minimum Gasteiger partial charge on any atom is -0.493 e. The molecular formula is C22H22N2O5S. The molecule has 1 heterocycles. The molecule has 1 fully saturated rings. The highest BCUT2D eigenvalue weighted by molar-refractivity contribution is 8.18. The molecule has 2 aromatic carbocycles. The topological polar surface area (TPSA) is 97.2 Å². The number of hydrogen-bond donors (Lipinski definition) is 2. The smallest absolute Gasteiger partial charge is 0.306 e. The summed E-state index contributed by atoms with van der Waals surface area (Å²) in [7, 11) is 1.50. The van der Waals surface area contributed by atoms with Crippen LogP contribution in [0, 0.1) is 0 Å². The van der Waals surface area contributed by atoms with Crippen molar-refractivity contribution in [2.45, 2.75) is 19.8 Å². The fourth-order valence-electron chi connectivity index (χ4n) is 2.70. The normalized spacial score (nSPS) is 16.0. The first-order chi connectivity index (χ1) is 14.5. The molecule has 0 atom stereocenters. The van der Waals surface area contributed by atoms with E-state index < -0.39 is 5.97 Å². The van der Waals surface area contributed by atoms with Crippen LogP contribution in [-0.4, -0.2) is 35.9 Å². The molecule has 0 radical (unpaired) electrons. The minimum atomic E-state index is -0.932. The summed E-state index contributed by atoms with van der Waals surface area (Å²) in [5.41, 5.74) is 2.76. The molecule has 0 spiro atoms. The molecule has 156 valence electrons. The van der Waals surface area contributed by atoms with Crippen LogP contribution in [0.4, 0.5) is 5.69 Å². The van der Waals surface area contributed by atoms with E-state index >= 15 is 0 Å². The Hall–Kier alpha value is -3.26. The van der Waals surface area contributed by atoms with Gasteiger partial charge < -0.3 is 19.9 Å². The molecule has 7 nitrogen and oxygen atoms in total. The number of nitrogens with zero attached hydrogens (tertiary/aromatic N) is 1. The Kier molecular flexibility index (Phi) is 7.13. The number of thioether (sulfide) groups is 1. The van der Waals surface area contributed by atoms with Crippen LogP contribution in [0.2, 0.25) is 0 Å². The molecule has 2 N–H and O–H groups in total. The molecule has 1 amide bonds. The second kappa shape index (κ2) is 9.98.